The highest BCUT2D eigenvalue weighted by molar-refractivity contribution is 5.27. The Labute approximate surface area is 122 Å². The van der Waals surface area contributed by atoms with Crippen molar-refractivity contribution in [3.05, 3.63) is 29.8 Å². The van der Waals surface area contributed by atoms with Gasteiger partial charge in [0.25, 0.3) is 0 Å². The average Bonchev–Trinajstić information content (AvgIpc) is 2.76. The first kappa shape index (κ1) is 15.3. The molecule has 1 fully saturated rings. The van der Waals surface area contributed by atoms with Gasteiger partial charge in [-0.05, 0) is 44.6 Å². The molecular weight excluding hydrogens is 252 g/mol. The monoisotopic (exact) mass is 278 g/mol. The van der Waals surface area contributed by atoms with Crippen molar-refractivity contribution in [2.24, 2.45) is 0 Å². The molecule has 0 aliphatic carbocycles. The van der Waals surface area contributed by atoms with Gasteiger partial charge in [-0.25, -0.2) is 0 Å². The minimum atomic E-state index is -0.171. The van der Waals surface area contributed by atoms with E-state index in [1.807, 2.05) is 12.1 Å². The molecule has 4 nitrogen and oxygen atoms in total. The Morgan fingerprint density at radius 1 is 1.30 bits per heavy atom. The summed E-state index contributed by atoms with van der Waals surface area (Å²) in [7, 11) is 5.87. The van der Waals surface area contributed by atoms with Crippen molar-refractivity contribution < 1.29 is 9.84 Å². The highest BCUT2D eigenvalue weighted by atomic mass is 16.5. The normalized spacial score (nSPS) is 23.4. The van der Waals surface area contributed by atoms with E-state index in [2.05, 4.69) is 36.0 Å². The maximum atomic E-state index is 9.87. The second-order valence-electron chi connectivity index (χ2n) is 5.90. The molecular formula is C16H26N2O2. The zero-order valence-corrected chi connectivity index (χ0v) is 12.7. The molecule has 1 aromatic carbocycles. The largest absolute Gasteiger partial charge is 0.497 e. The molecule has 2 unspecified atom stereocenters. The molecule has 1 saturated heterocycles. The Hall–Kier alpha value is -1.10. The van der Waals surface area contributed by atoms with Crippen LogP contribution < -0.4 is 4.74 Å². The number of β-amino-alcohol motifs (C(OH)–C–C–N with tert-alkyl or cyclic N) is 1. The van der Waals surface area contributed by atoms with Gasteiger partial charge in [0, 0.05) is 25.7 Å². The number of aliphatic hydroxyl groups is 1. The van der Waals surface area contributed by atoms with Gasteiger partial charge in [0.05, 0.1) is 13.2 Å². The number of likely N-dealkylation sites (N-methyl/N-ethyl adjacent to an activating group) is 1. The fourth-order valence-corrected chi connectivity index (χ4v) is 2.91. The van der Waals surface area contributed by atoms with E-state index in [0.717, 1.165) is 38.2 Å². The number of hydrogen-bond donors (Lipinski definition) is 1. The molecule has 2 atom stereocenters. The van der Waals surface area contributed by atoms with Gasteiger partial charge in [-0.2, -0.15) is 0 Å². The van der Waals surface area contributed by atoms with Crippen LogP contribution in [0.2, 0.25) is 0 Å². The van der Waals surface area contributed by atoms with Crippen LogP contribution in [0.25, 0.3) is 0 Å². The molecule has 1 aliphatic rings. The molecule has 1 heterocycles. The van der Waals surface area contributed by atoms with Crippen molar-refractivity contribution in [3.8, 4) is 5.75 Å². The molecule has 0 bridgehead atoms. The first-order chi connectivity index (χ1) is 9.58. The number of ether oxygens (including phenoxy) is 1. The predicted molar refractivity (Wildman–Crippen MR) is 81.2 cm³/mol. The van der Waals surface area contributed by atoms with Gasteiger partial charge >= 0.3 is 0 Å². The van der Waals surface area contributed by atoms with E-state index in [-0.39, 0.29) is 6.10 Å². The lowest BCUT2D eigenvalue weighted by Gasteiger charge is -2.26. The lowest BCUT2D eigenvalue weighted by molar-refractivity contribution is 0.173. The third kappa shape index (κ3) is 4.20. The quantitative estimate of drug-likeness (QED) is 0.849. The van der Waals surface area contributed by atoms with Crippen LogP contribution in [0.3, 0.4) is 0 Å². The zero-order valence-electron chi connectivity index (χ0n) is 12.7. The second kappa shape index (κ2) is 7.07. The fourth-order valence-electron chi connectivity index (χ4n) is 2.91. The predicted octanol–water partition coefficient (Wildman–Crippen LogP) is 1.23. The number of likely N-dealkylation sites (tertiary alicyclic amines) is 1. The van der Waals surface area contributed by atoms with E-state index in [0.29, 0.717) is 6.04 Å². The van der Waals surface area contributed by atoms with Gasteiger partial charge < -0.3 is 14.7 Å². The van der Waals surface area contributed by atoms with E-state index >= 15 is 0 Å². The van der Waals surface area contributed by atoms with Crippen LogP contribution in [0.15, 0.2) is 24.3 Å². The molecule has 0 aromatic heterocycles. The summed E-state index contributed by atoms with van der Waals surface area (Å²) in [4.78, 5) is 4.61. The molecule has 0 saturated carbocycles. The highest BCUT2D eigenvalue weighted by Gasteiger charge is 2.30. The lowest BCUT2D eigenvalue weighted by Crippen LogP contribution is -2.38. The van der Waals surface area contributed by atoms with Crippen LogP contribution in [-0.4, -0.2) is 67.9 Å². The summed E-state index contributed by atoms with van der Waals surface area (Å²) in [6, 6.07) is 8.72. The summed E-state index contributed by atoms with van der Waals surface area (Å²) in [5, 5.41) is 9.87. The summed E-state index contributed by atoms with van der Waals surface area (Å²) in [5.41, 5.74) is 1.32. The molecule has 0 radical (unpaired) electrons. The second-order valence-corrected chi connectivity index (χ2v) is 5.90. The van der Waals surface area contributed by atoms with E-state index < -0.39 is 0 Å². The van der Waals surface area contributed by atoms with Gasteiger partial charge in [0.15, 0.2) is 0 Å². The van der Waals surface area contributed by atoms with Crippen LogP contribution in [0, 0.1) is 0 Å². The van der Waals surface area contributed by atoms with Crippen molar-refractivity contribution in [1.82, 2.24) is 9.80 Å². The third-order valence-electron chi connectivity index (χ3n) is 3.93. The number of rotatable bonds is 6. The molecule has 112 valence electrons. The van der Waals surface area contributed by atoms with Gasteiger partial charge in [-0.1, -0.05) is 12.1 Å². The Kier molecular flexibility index (Phi) is 5.40. The molecule has 2 rings (SSSR count). The van der Waals surface area contributed by atoms with Crippen LogP contribution in [0.5, 0.6) is 5.75 Å². The lowest BCUT2D eigenvalue weighted by atomic mass is 10.1. The standard InChI is InChI=1S/C16H26N2O2/c1-17(2)11-14-10-15(19)12-18(14)9-8-13-4-6-16(20-3)7-5-13/h4-7,14-15,19H,8-12H2,1-3H3. The molecule has 4 heteroatoms. The smallest absolute Gasteiger partial charge is 0.118 e. The first-order valence-corrected chi connectivity index (χ1v) is 7.28. The fraction of sp³-hybridized carbons (Fsp3) is 0.625. The molecule has 20 heavy (non-hydrogen) atoms. The van der Waals surface area contributed by atoms with Crippen molar-refractivity contribution in [3.63, 3.8) is 0 Å². The topological polar surface area (TPSA) is 35.9 Å². The number of methoxy groups -OCH3 is 1. The van der Waals surface area contributed by atoms with Crippen molar-refractivity contribution in [2.45, 2.75) is 25.0 Å². The maximum absolute atomic E-state index is 9.87. The number of nitrogens with zero attached hydrogens (tertiary/aromatic N) is 2. The van der Waals surface area contributed by atoms with Crippen molar-refractivity contribution in [2.75, 3.05) is 40.8 Å². The SMILES string of the molecule is COc1ccc(CCN2CC(O)CC2CN(C)C)cc1. The van der Waals surface area contributed by atoms with Gasteiger partial charge in [0.2, 0.25) is 0 Å². The minimum Gasteiger partial charge on any atom is -0.497 e. The summed E-state index contributed by atoms with van der Waals surface area (Å²) in [6.45, 7) is 2.82. The summed E-state index contributed by atoms with van der Waals surface area (Å²) < 4.78 is 5.17. The Morgan fingerprint density at radius 2 is 2.00 bits per heavy atom. The molecule has 0 amide bonds. The Bertz CT molecular complexity index is 405. The van der Waals surface area contributed by atoms with Gasteiger partial charge in [-0.3, -0.25) is 4.90 Å². The van der Waals surface area contributed by atoms with E-state index in [1.165, 1.54) is 5.56 Å². The van der Waals surface area contributed by atoms with Crippen LogP contribution in [-0.2, 0) is 6.42 Å². The Balaban J connectivity index is 1.87. The average molecular weight is 278 g/mol. The Morgan fingerprint density at radius 3 is 2.60 bits per heavy atom. The van der Waals surface area contributed by atoms with Crippen LogP contribution in [0.4, 0.5) is 0 Å². The third-order valence-corrected chi connectivity index (χ3v) is 3.93. The van der Waals surface area contributed by atoms with Crippen molar-refractivity contribution >= 4 is 0 Å². The highest BCUT2D eigenvalue weighted by Crippen LogP contribution is 2.19. The van der Waals surface area contributed by atoms with Gasteiger partial charge in [-0.15, -0.1) is 0 Å². The van der Waals surface area contributed by atoms with E-state index in [9.17, 15) is 5.11 Å². The summed E-state index contributed by atoms with van der Waals surface area (Å²) in [6.07, 6.45) is 1.73. The van der Waals surface area contributed by atoms with E-state index in [4.69, 9.17) is 4.74 Å². The maximum Gasteiger partial charge on any atom is 0.118 e. The number of benzene rings is 1. The molecule has 1 aliphatic heterocycles. The zero-order chi connectivity index (χ0) is 14.5. The minimum absolute atomic E-state index is 0.171. The van der Waals surface area contributed by atoms with Crippen molar-refractivity contribution in [1.29, 1.82) is 0 Å². The van der Waals surface area contributed by atoms with Gasteiger partial charge in [0.1, 0.15) is 5.75 Å². The molecule has 1 N–H and O–H groups in total. The molecule has 0 spiro atoms. The molecule has 1 aromatic rings. The van der Waals surface area contributed by atoms with Crippen LogP contribution in [0.1, 0.15) is 12.0 Å². The summed E-state index contributed by atoms with van der Waals surface area (Å²) >= 11 is 0. The van der Waals surface area contributed by atoms with E-state index in [1.54, 1.807) is 7.11 Å². The number of hydrogen-bond acceptors (Lipinski definition) is 4. The van der Waals surface area contributed by atoms with Crippen LogP contribution >= 0.6 is 0 Å². The summed E-state index contributed by atoms with van der Waals surface area (Å²) in [5.74, 6) is 0.899. The first-order valence-electron chi connectivity index (χ1n) is 7.28. The number of aliphatic hydroxyl groups excluding tert-OH is 1.